The predicted octanol–water partition coefficient (Wildman–Crippen LogP) is 6.41. The van der Waals surface area contributed by atoms with Gasteiger partial charge in [0.2, 0.25) is 11.8 Å². The Hall–Kier alpha value is -4.65. The summed E-state index contributed by atoms with van der Waals surface area (Å²) in [6.07, 6.45) is 6.75. The first-order chi connectivity index (χ1) is 26.5. The number of aromatic nitrogens is 1. The summed E-state index contributed by atoms with van der Waals surface area (Å²) in [7, 11) is -3.69. The van der Waals surface area contributed by atoms with Crippen LogP contribution in [0.3, 0.4) is 0 Å². The number of hydrogen-bond acceptors (Lipinski definition) is 9. The number of thiophene rings is 1. The van der Waals surface area contributed by atoms with Crippen LogP contribution in [0.5, 0.6) is 5.75 Å². The van der Waals surface area contributed by atoms with E-state index in [1.807, 2.05) is 31.2 Å². The van der Waals surface area contributed by atoms with E-state index in [2.05, 4.69) is 15.4 Å². The Labute approximate surface area is 323 Å². The zero-order chi connectivity index (χ0) is 38.7. The number of ether oxygens (including phenoxy) is 1. The van der Waals surface area contributed by atoms with Gasteiger partial charge in [-0.2, -0.15) is 0 Å². The highest BCUT2D eigenvalue weighted by Crippen LogP contribution is 2.47. The molecule has 7 rings (SSSR count). The van der Waals surface area contributed by atoms with Gasteiger partial charge in [-0.25, -0.2) is 9.48 Å². The van der Waals surface area contributed by atoms with Gasteiger partial charge in [-0.05, 0) is 92.8 Å². The van der Waals surface area contributed by atoms with Gasteiger partial charge >= 0.3 is 13.5 Å². The smallest absolute Gasteiger partial charge is 0.323 e. The van der Waals surface area contributed by atoms with Crippen molar-refractivity contribution in [1.82, 2.24) is 25.2 Å². The SMILES string of the molecule is CCCOC(=O)[C@H](C)NP(=O)(Cc1ccc2sc(C(=O)N[C@H]3CCC[C@H]4CC[C@@H](C(=O)N5CC(c6cnccc6F)C5)N4C3=O)cc2c1)Oc1ccccc1. The van der Waals surface area contributed by atoms with Crippen LogP contribution < -0.4 is 14.9 Å². The Morgan fingerprint density at radius 3 is 2.62 bits per heavy atom. The summed E-state index contributed by atoms with van der Waals surface area (Å²) in [6, 6.07) is 15.0. The molecule has 3 saturated heterocycles. The van der Waals surface area contributed by atoms with Crippen LogP contribution in [0, 0.1) is 5.82 Å². The van der Waals surface area contributed by atoms with Gasteiger partial charge in [0.05, 0.1) is 17.6 Å². The molecule has 2 N–H and O–H groups in total. The first-order valence-corrected chi connectivity index (χ1v) is 21.5. The summed E-state index contributed by atoms with van der Waals surface area (Å²) in [5.74, 6) is -1.38. The Balaban J connectivity index is 1.02. The number of amides is 3. The number of para-hydroxylation sites is 1. The second kappa shape index (κ2) is 16.6. The number of halogens is 1. The number of pyridine rings is 1. The normalized spacial score (nSPS) is 21.6. The summed E-state index contributed by atoms with van der Waals surface area (Å²) < 4.78 is 40.7. The maximum absolute atomic E-state index is 14.3. The number of hydrogen-bond donors (Lipinski definition) is 2. The van der Waals surface area contributed by atoms with Crippen molar-refractivity contribution in [2.45, 2.75) is 88.6 Å². The van der Waals surface area contributed by atoms with Gasteiger partial charge in [-0.1, -0.05) is 31.2 Å². The highest BCUT2D eigenvalue weighted by Gasteiger charge is 2.48. The van der Waals surface area contributed by atoms with Crippen LogP contribution >= 0.6 is 18.9 Å². The van der Waals surface area contributed by atoms with Gasteiger partial charge < -0.3 is 24.4 Å². The average Bonchev–Trinajstić information content (AvgIpc) is 3.74. The third-order valence-electron chi connectivity index (χ3n) is 10.5. The van der Waals surface area contributed by atoms with Crippen molar-refractivity contribution < 1.29 is 37.4 Å². The Bertz CT molecular complexity index is 2110. The lowest BCUT2D eigenvalue weighted by Gasteiger charge is -2.42. The Morgan fingerprint density at radius 2 is 1.85 bits per heavy atom. The van der Waals surface area contributed by atoms with Crippen LogP contribution in [0.2, 0.25) is 0 Å². The molecular weight excluding hydrogens is 745 g/mol. The molecule has 5 atom stereocenters. The van der Waals surface area contributed by atoms with Crippen molar-refractivity contribution in [3.63, 3.8) is 0 Å². The van der Waals surface area contributed by atoms with Gasteiger partial charge in [-0.15, -0.1) is 11.3 Å². The summed E-state index contributed by atoms with van der Waals surface area (Å²) in [6.45, 7) is 4.48. The van der Waals surface area contributed by atoms with Crippen LogP contribution in [0.1, 0.15) is 79.1 Å². The molecule has 5 heterocycles. The van der Waals surface area contributed by atoms with Gasteiger partial charge in [0.25, 0.3) is 5.91 Å². The van der Waals surface area contributed by atoms with E-state index in [-0.39, 0.29) is 48.3 Å². The van der Waals surface area contributed by atoms with E-state index in [9.17, 15) is 28.1 Å². The molecule has 290 valence electrons. The Kier molecular flexibility index (Phi) is 11.7. The zero-order valence-corrected chi connectivity index (χ0v) is 32.5. The van der Waals surface area contributed by atoms with Gasteiger partial charge in [0.15, 0.2) is 0 Å². The van der Waals surface area contributed by atoms with Crippen LogP contribution in [0.15, 0.2) is 73.1 Å². The maximum Gasteiger partial charge on any atom is 0.323 e. The number of carbonyl (C=O) groups excluding carboxylic acids is 4. The van der Waals surface area contributed by atoms with E-state index >= 15 is 0 Å². The number of esters is 1. The quantitative estimate of drug-likeness (QED) is 0.116. The number of nitrogens with one attached hydrogen (secondary N) is 2. The molecule has 0 spiro atoms. The summed E-state index contributed by atoms with van der Waals surface area (Å²) in [5.41, 5.74) is 1.17. The first kappa shape index (κ1) is 38.6. The van der Waals surface area contributed by atoms with E-state index < -0.39 is 31.6 Å². The average molecular weight is 790 g/mol. The van der Waals surface area contributed by atoms with E-state index in [0.29, 0.717) is 54.1 Å². The minimum Gasteiger partial charge on any atom is -0.465 e. The lowest BCUT2D eigenvalue weighted by molar-refractivity contribution is -0.148. The molecule has 3 amide bonds. The molecule has 0 aliphatic carbocycles. The third kappa shape index (κ3) is 8.61. The van der Waals surface area contributed by atoms with Crippen molar-refractivity contribution in [3.8, 4) is 5.75 Å². The fraction of sp³-hybridized carbons (Fsp3) is 0.425. The summed E-state index contributed by atoms with van der Waals surface area (Å²) in [5, 5.41) is 6.62. The molecule has 55 heavy (non-hydrogen) atoms. The van der Waals surface area contributed by atoms with Crippen molar-refractivity contribution >= 4 is 52.6 Å². The molecule has 0 radical (unpaired) electrons. The molecule has 15 heteroatoms. The molecule has 3 fully saturated rings. The molecule has 0 bridgehead atoms. The highest BCUT2D eigenvalue weighted by molar-refractivity contribution is 7.56. The molecule has 12 nitrogen and oxygen atoms in total. The molecule has 2 aromatic carbocycles. The number of carbonyl (C=O) groups is 4. The maximum atomic E-state index is 14.3. The minimum absolute atomic E-state index is 0.0352. The molecule has 0 saturated carbocycles. The van der Waals surface area contributed by atoms with E-state index in [1.54, 1.807) is 47.1 Å². The number of benzene rings is 2. The molecular formula is C40H45FN5O7PS. The second-order valence-electron chi connectivity index (χ2n) is 14.5. The lowest BCUT2D eigenvalue weighted by Crippen LogP contribution is -2.58. The number of likely N-dealkylation sites (tertiary alicyclic amines) is 1. The molecule has 3 aliphatic heterocycles. The molecule has 4 aromatic rings. The zero-order valence-electron chi connectivity index (χ0n) is 30.8. The van der Waals surface area contributed by atoms with E-state index in [1.165, 1.54) is 29.8 Å². The van der Waals surface area contributed by atoms with Crippen molar-refractivity contribution in [1.29, 1.82) is 0 Å². The fourth-order valence-corrected chi connectivity index (χ4v) is 10.7. The van der Waals surface area contributed by atoms with Crippen LogP contribution in [-0.2, 0) is 29.8 Å². The predicted molar refractivity (Wildman–Crippen MR) is 206 cm³/mol. The van der Waals surface area contributed by atoms with Crippen LogP contribution in [0.4, 0.5) is 4.39 Å². The first-order valence-electron chi connectivity index (χ1n) is 18.8. The Morgan fingerprint density at radius 1 is 1.05 bits per heavy atom. The van der Waals surface area contributed by atoms with Gasteiger partial charge in [0.1, 0.15) is 29.7 Å². The minimum atomic E-state index is -3.69. The third-order valence-corrected chi connectivity index (χ3v) is 13.7. The molecule has 3 aliphatic rings. The molecule has 1 unspecified atom stereocenters. The monoisotopic (exact) mass is 789 g/mol. The van der Waals surface area contributed by atoms with Crippen LogP contribution in [0.25, 0.3) is 10.1 Å². The van der Waals surface area contributed by atoms with E-state index in [4.69, 9.17) is 9.26 Å². The van der Waals surface area contributed by atoms with Crippen molar-refractivity contribution in [2.24, 2.45) is 0 Å². The molecule has 2 aromatic heterocycles. The fourth-order valence-electron chi connectivity index (χ4n) is 7.70. The second-order valence-corrected chi connectivity index (χ2v) is 17.7. The van der Waals surface area contributed by atoms with E-state index in [0.717, 1.165) is 29.3 Å². The van der Waals surface area contributed by atoms with Crippen LogP contribution in [-0.4, -0.2) is 82.3 Å². The number of nitrogens with zero attached hydrogens (tertiary/aromatic N) is 3. The summed E-state index contributed by atoms with van der Waals surface area (Å²) in [4.78, 5) is 61.8. The number of fused-ring (bicyclic) bond motifs is 2. The highest BCUT2D eigenvalue weighted by atomic mass is 32.1. The van der Waals surface area contributed by atoms with Gasteiger partial charge in [0, 0.05) is 47.7 Å². The lowest BCUT2D eigenvalue weighted by atomic mass is 9.91. The largest absolute Gasteiger partial charge is 0.465 e. The van der Waals surface area contributed by atoms with Crippen molar-refractivity contribution in [3.05, 3.63) is 94.9 Å². The van der Waals surface area contributed by atoms with Gasteiger partial charge in [-0.3, -0.25) is 28.7 Å². The summed E-state index contributed by atoms with van der Waals surface area (Å²) >= 11 is 1.28. The standard InChI is InChI=1S/C40H45FN5O7PS/c1-3-18-52-40(50)25(2)44-54(51,53-30-9-5-4-6-10-30)24-26-12-15-35-27(19-26)20-36(55-35)37(47)43-33-11-7-8-29-13-14-34(46(29)38(33)48)39(49)45-22-28(23-45)31-21-42-17-16-32(31)41/h4-6,9-10,12,15-17,19-21,25,28-29,33-34H,3,7-8,11,13-14,18,22-24H2,1-2H3,(H,43,47)(H,44,51)/t25-,29-,33-,34-,54?/m0/s1. The topological polar surface area (TPSA) is 147 Å². The number of rotatable bonds is 13. The van der Waals surface area contributed by atoms with Crippen molar-refractivity contribution in [2.75, 3.05) is 19.7 Å².